The van der Waals surface area contributed by atoms with Gasteiger partial charge in [0.1, 0.15) is 0 Å². The van der Waals surface area contributed by atoms with Crippen molar-refractivity contribution in [3.05, 3.63) is 60.2 Å². The SMILES string of the molecule is O=C(O)/C=C/C(=O)O.c1ccc2cc(COC3CCNCC3)ccc2c1. The van der Waals surface area contributed by atoms with Crippen molar-refractivity contribution in [2.75, 3.05) is 13.1 Å². The van der Waals surface area contributed by atoms with E-state index in [9.17, 15) is 9.59 Å². The fourth-order valence-corrected chi connectivity index (χ4v) is 2.65. The smallest absolute Gasteiger partial charge is 0.328 e. The number of carbonyl (C=O) groups is 2. The van der Waals surface area contributed by atoms with Crippen molar-refractivity contribution in [3.8, 4) is 0 Å². The van der Waals surface area contributed by atoms with E-state index in [0.29, 0.717) is 18.3 Å². The van der Waals surface area contributed by atoms with E-state index in [1.54, 1.807) is 0 Å². The molecule has 1 fully saturated rings. The highest BCUT2D eigenvalue weighted by atomic mass is 16.5. The van der Waals surface area contributed by atoms with Crippen molar-refractivity contribution in [1.82, 2.24) is 5.32 Å². The highest BCUT2D eigenvalue weighted by Crippen LogP contribution is 2.17. The Bertz CT molecular complexity index is 750. The molecule has 2 aromatic rings. The van der Waals surface area contributed by atoms with Crippen LogP contribution >= 0.6 is 0 Å². The zero-order valence-corrected chi connectivity index (χ0v) is 14.4. The summed E-state index contributed by atoms with van der Waals surface area (Å²) in [7, 11) is 0. The summed E-state index contributed by atoms with van der Waals surface area (Å²) in [5.41, 5.74) is 1.27. The van der Waals surface area contributed by atoms with Crippen LogP contribution in [0.2, 0.25) is 0 Å². The van der Waals surface area contributed by atoms with Gasteiger partial charge in [0.05, 0.1) is 12.7 Å². The molecule has 0 unspecified atom stereocenters. The quantitative estimate of drug-likeness (QED) is 0.712. The van der Waals surface area contributed by atoms with E-state index in [1.165, 1.54) is 16.3 Å². The summed E-state index contributed by atoms with van der Waals surface area (Å²) in [6, 6.07) is 15.0. The summed E-state index contributed by atoms with van der Waals surface area (Å²) in [6.45, 7) is 2.90. The molecule has 6 heteroatoms. The minimum absolute atomic E-state index is 0.428. The Morgan fingerprint density at radius 1 is 1.00 bits per heavy atom. The molecular weight excluding hydrogens is 334 g/mol. The number of rotatable bonds is 5. The first kappa shape index (κ1) is 19.6. The Hall–Kier alpha value is -2.70. The van der Waals surface area contributed by atoms with Crippen LogP contribution in [0.15, 0.2) is 54.6 Å². The lowest BCUT2D eigenvalue weighted by atomic mass is 10.1. The highest BCUT2D eigenvalue weighted by Gasteiger charge is 2.13. The lowest BCUT2D eigenvalue weighted by Crippen LogP contribution is -2.32. The molecule has 138 valence electrons. The average molecular weight is 357 g/mol. The van der Waals surface area contributed by atoms with Crippen LogP contribution in [0.1, 0.15) is 18.4 Å². The van der Waals surface area contributed by atoms with Crippen LogP contribution in [-0.2, 0) is 20.9 Å². The fourth-order valence-electron chi connectivity index (χ4n) is 2.65. The van der Waals surface area contributed by atoms with Gasteiger partial charge >= 0.3 is 11.9 Å². The average Bonchev–Trinajstić information content (AvgIpc) is 2.66. The summed E-state index contributed by atoms with van der Waals surface area (Å²) in [6.07, 6.45) is 3.81. The third-order valence-electron chi connectivity index (χ3n) is 3.95. The first-order valence-corrected chi connectivity index (χ1v) is 8.48. The molecule has 2 aromatic carbocycles. The zero-order valence-electron chi connectivity index (χ0n) is 14.4. The lowest BCUT2D eigenvalue weighted by Gasteiger charge is -2.23. The number of carboxylic acid groups (broad SMARTS) is 2. The molecule has 6 nitrogen and oxygen atoms in total. The molecule has 0 bridgehead atoms. The van der Waals surface area contributed by atoms with E-state index in [4.69, 9.17) is 14.9 Å². The van der Waals surface area contributed by atoms with Crippen molar-refractivity contribution in [2.24, 2.45) is 0 Å². The molecule has 1 aliphatic heterocycles. The van der Waals surface area contributed by atoms with Gasteiger partial charge in [-0.2, -0.15) is 0 Å². The van der Waals surface area contributed by atoms with E-state index in [-0.39, 0.29) is 0 Å². The van der Waals surface area contributed by atoms with Crippen molar-refractivity contribution < 1.29 is 24.5 Å². The summed E-state index contributed by atoms with van der Waals surface area (Å²) in [4.78, 5) is 19.1. The number of nitrogens with one attached hydrogen (secondary N) is 1. The number of hydrogen-bond acceptors (Lipinski definition) is 4. The summed E-state index contributed by atoms with van der Waals surface area (Å²) in [5, 5.41) is 21.6. The number of aliphatic carboxylic acids is 2. The van der Waals surface area contributed by atoms with Crippen LogP contribution in [0, 0.1) is 0 Å². The van der Waals surface area contributed by atoms with Crippen LogP contribution in [0.25, 0.3) is 10.8 Å². The summed E-state index contributed by atoms with van der Waals surface area (Å²) < 4.78 is 5.98. The highest BCUT2D eigenvalue weighted by molar-refractivity contribution is 5.89. The monoisotopic (exact) mass is 357 g/mol. The first-order valence-electron chi connectivity index (χ1n) is 8.48. The van der Waals surface area contributed by atoms with E-state index < -0.39 is 11.9 Å². The maximum absolute atomic E-state index is 9.55. The maximum atomic E-state index is 9.55. The van der Waals surface area contributed by atoms with Gasteiger partial charge in [-0.25, -0.2) is 9.59 Å². The van der Waals surface area contributed by atoms with Crippen molar-refractivity contribution in [1.29, 1.82) is 0 Å². The van der Waals surface area contributed by atoms with Gasteiger partial charge in [0.15, 0.2) is 0 Å². The first-order chi connectivity index (χ1) is 12.5. The number of carboxylic acids is 2. The molecule has 3 N–H and O–H groups in total. The topological polar surface area (TPSA) is 95.9 Å². The predicted octanol–water partition coefficient (Wildman–Crippen LogP) is 2.82. The number of fused-ring (bicyclic) bond motifs is 1. The van der Waals surface area contributed by atoms with Crippen molar-refractivity contribution in [3.63, 3.8) is 0 Å². The second kappa shape index (κ2) is 10.3. The molecule has 26 heavy (non-hydrogen) atoms. The van der Waals surface area contributed by atoms with Gasteiger partial charge in [-0.1, -0.05) is 36.4 Å². The number of ether oxygens (including phenoxy) is 1. The zero-order chi connectivity index (χ0) is 18.8. The van der Waals surface area contributed by atoms with E-state index in [0.717, 1.165) is 32.5 Å². The molecular formula is C20H23NO5. The van der Waals surface area contributed by atoms with E-state index >= 15 is 0 Å². The molecule has 0 aromatic heterocycles. The van der Waals surface area contributed by atoms with Gasteiger partial charge in [-0.05, 0) is 48.3 Å². The van der Waals surface area contributed by atoms with Crippen LogP contribution in [0.3, 0.4) is 0 Å². The van der Waals surface area contributed by atoms with Gasteiger partial charge in [0.2, 0.25) is 0 Å². The minimum atomic E-state index is -1.26. The standard InChI is InChI=1S/C16H19NO.C4H4O4/c1-2-4-15-11-13(5-6-14(15)3-1)12-18-16-7-9-17-10-8-16;5-3(6)1-2-4(7)8/h1-6,11,16-17H,7-10,12H2;1-2H,(H,5,6)(H,7,8)/b;2-1+. The van der Waals surface area contributed by atoms with Gasteiger partial charge in [-0.15, -0.1) is 0 Å². The third-order valence-corrected chi connectivity index (χ3v) is 3.95. The summed E-state index contributed by atoms with van der Waals surface area (Å²) in [5.74, 6) is -2.51. The second-order valence-electron chi connectivity index (χ2n) is 5.95. The largest absolute Gasteiger partial charge is 0.478 e. The van der Waals surface area contributed by atoms with Crippen molar-refractivity contribution >= 4 is 22.7 Å². The molecule has 1 aliphatic rings. The molecule has 0 aliphatic carbocycles. The molecule has 1 heterocycles. The lowest BCUT2D eigenvalue weighted by molar-refractivity contribution is -0.134. The fraction of sp³-hybridized carbons (Fsp3) is 0.300. The Balaban J connectivity index is 0.000000260. The molecule has 1 saturated heterocycles. The molecule has 0 atom stereocenters. The third kappa shape index (κ3) is 7.04. The predicted molar refractivity (Wildman–Crippen MR) is 99.0 cm³/mol. The van der Waals surface area contributed by atoms with Crippen LogP contribution in [0.4, 0.5) is 0 Å². The van der Waals surface area contributed by atoms with Gasteiger partial charge in [0, 0.05) is 12.2 Å². The molecule has 0 radical (unpaired) electrons. The van der Waals surface area contributed by atoms with Gasteiger partial charge < -0.3 is 20.3 Å². The van der Waals surface area contributed by atoms with Crippen molar-refractivity contribution in [2.45, 2.75) is 25.6 Å². The summed E-state index contributed by atoms with van der Waals surface area (Å²) >= 11 is 0. The molecule has 0 saturated carbocycles. The van der Waals surface area contributed by atoms with Crippen LogP contribution < -0.4 is 5.32 Å². The van der Waals surface area contributed by atoms with Gasteiger partial charge in [-0.3, -0.25) is 0 Å². The van der Waals surface area contributed by atoms with Gasteiger partial charge in [0.25, 0.3) is 0 Å². The Morgan fingerprint density at radius 3 is 2.23 bits per heavy atom. The normalized spacial score (nSPS) is 14.8. The number of benzene rings is 2. The second-order valence-corrected chi connectivity index (χ2v) is 5.95. The van der Waals surface area contributed by atoms with E-state index in [1.807, 2.05) is 0 Å². The number of piperidine rings is 1. The maximum Gasteiger partial charge on any atom is 0.328 e. The Morgan fingerprint density at radius 2 is 1.62 bits per heavy atom. The number of hydrogen-bond donors (Lipinski definition) is 3. The molecule has 0 spiro atoms. The molecule has 0 amide bonds. The van der Waals surface area contributed by atoms with Crippen LogP contribution in [-0.4, -0.2) is 41.3 Å². The minimum Gasteiger partial charge on any atom is -0.478 e. The molecule has 3 rings (SSSR count). The van der Waals surface area contributed by atoms with Crippen LogP contribution in [0.5, 0.6) is 0 Å². The Labute approximate surface area is 152 Å². The Kier molecular flexibility index (Phi) is 7.79. The van der Waals surface area contributed by atoms with E-state index in [2.05, 4.69) is 47.8 Å².